The average Bonchev–Trinajstić information content (AvgIpc) is 2.15. The van der Waals surface area contributed by atoms with Crippen LogP contribution in [0.1, 0.15) is 19.8 Å². The van der Waals surface area contributed by atoms with Gasteiger partial charge in [-0.25, -0.2) is 8.78 Å². The van der Waals surface area contributed by atoms with Crippen molar-refractivity contribution in [2.75, 3.05) is 11.1 Å². The molecule has 2 rings (SSSR count). The molecule has 1 saturated carbocycles. The molecular weight excluding hydrogens is 198 g/mol. The van der Waals surface area contributed by atoms with E-state index in [1.165, 1.54) is 6.07 Å². The Morgan fingerprint density at radius 1 is 1.33 bits per heavy atom. The minimum Gasteiger partial charge on any atom is -0.397 e. The molecule has 1 aliphatic carbocycles. The van der Waals surface area contributed by atoms with Crippen LogP contribution in [0.2, 0.25) is 0 Å². The molecule has 15 heavy (non-hydrogen) atoms. The Balaban J connectivity index is 2.16. The summed E-state index contributed by atoms with van der Waals surface area (Å²) in [7, 11) is 0. The van der Waals surface area contributed by atoms with Crippen LogP contribution in [0, 0.1) is 17.6 Å². The van der Waals surface area contributed by atoms with Crippen LogP contribution in [-0.4, -0.2) is 6.04 Å². The molecule has 3 N–H and O–H groups in total. The summed E-state index contributed by atoms with van der Waals surface area (Å²) in [5.74, 6) is -1.09. The smallest absolute Gasteiger partial charge is 0.183 e. The van der Waals surface area contributed by atoms with E-state index in [1.54, 1.807) is 0 Å². The molecule has 0 unspecified atom stereocenters. The fourth-order valence-corrected chi connectivity index (χ4v) is 1.94. The fourth-order valence-electron chi connectivity index (χ4n) is 1.94. The van der Waals surface area contributed by atoms with Crippen LogP contribution in [0.5, 0.6) is 0 Å². The zero-order valence-corrected chi connectivity index (χ0v) is 8.56. The summed E-state index contributed by atoms with van der Waals surface area (Å²) in [6.45, 7) is 2.13. The topological polar surface area (TPSA) is 38.0 Å². The third-order valence-electron chi connectivity index (χ3n) is 2.85. The second kappa shape index (κ2) is 3.68. The summed E-state index contributed by atoms with van der Waals surface area (Å²) in [5.41, 5.74) is 5.94. The molecule has 0 aromatic heterocycles. The van der Waals surface area contributed by atoms with Gasteiger partial charge in [-0.05, 0) is 30.9 Å². The van der Waals surface area contributed by atoms with Gasteiger partial charge in [0.25, 0.3) is 0 Å². The van der Waals surface area contributed by atoms with Gasteiger partial charge in [0.1, 0.15) is 0 Å². The van der Waals surface area contributed by atoms with Crippen LogP contribution in [0.25, 0.3) is 0 Å². The van der Waals surface area contributed by atoms with E-state index in [1.807, 2.05) is 0 Å². The quantitative estimate of drug-likeness (QED) is 0.740. The van der Waals surface area contributed by atoms with Gasteiger partial charge in [-0.1, -0.05) is 6.92 Å². The Kier molecular flexibility index (Phi) is 2.50. The van der Waals surface area contributed by atoms with Crippen molar-refractivity contribution in [2.24, 2.45) is 5.92 Å². The summed E-state index contributed by atoms with van der Waals surface area (Å²) in [6, 6.07) is 2.64. The molecule has 0 amide bonds. The van der Waals surface area contributed by atoms with Crippen LogP contribution in [-0.2, 0) is 0 Å². The first-order valence-corrected chi connectivity index (χ1v) is 5.08. The lowest BCUT2D eigenvalue weighted by molar-refractivity contribution is 0.308. The number of hydrogen-bond acceptors (Lipinski definition) is 2. The maximum atomic E-state index is 13.4. The van der Waals surface area contributed by atoms with Gasteiger partial charge in [-0.3, -0.25) is 0 Å². The van der Waals surface area contributed by atoms with E-state index < -0.39 is 11.6 Å². The lowest BCUT2D eigenvalue weighted by Gasteiger charge is -2.34. The summed E-state index contributed by atoms with van der Waals surface area (Å²) >= 11 is 0. The zero-order chi connectivity index (χ0) is 11.0. The number of rotatable bonds is 2. The van der Waals surface area contributed by atoms with Crippen LogP contribution < -0.4 is 11.1 Å². The third kappa shape index (κ3) is 1.89. The highest BCUT2D eigenvalue weighted by atomic mass is 19.2. The highest BCUT2D eigenvalue weighted by Crippen LogP contribution is 2.33. The Morgan fingerprint density at radius 3 is 2.60 bits per heavy atom. The van der Waals surface area contributed by atoms with Gasteiger partial charge >= 0.3 is 0 Å². The molecule has 0 heterocycles. The van der Waals surface area contributed by atoms with Crippen molar-refractivity contribution < 1.29 is 8.78 Å². The first kappa shape index (κ1) is 10.2. The van der Waals surface area contributed by atoms with E-state index in [9.17, 15) is 8.78 Å². The van der Waals surface area contributed by atoms with Crippen molar-refractivity contribution >= 4 is 11.4 Å². The zero-order valence-electron chi connectivity index (χ0n) is 8.56. The molecule has 0 saturated heterocycles. The first-order valence-electron chi connectivity index (χ1n) is 5.08. The molecule has 0 aliphatic heterocycles. The number of halogens is 2. The highest BCUT2D eigenvalue weighted by molar-refractivity contribution is 5.67. The van der Waals surface area contributed by atoms with Crippen LogP contribution >= 0.6 is 0 Å². The minimum absolute atomic E-state index is 0.104. The second-order valence-corrected chi connectivity index (χ2v) is 4.24. The molecule has 2 nitrogen and oxygen atoms in total. The summed E-state index contributed by atoms with van der Waals surface area (Å²) in [4.78, 5) is 0. The van der Waals surface area contributed by atoms with E-state index in [-0.39, 0.29) is 17.4 Å². The van der Waals surface area contributed by atoms with Crippen molar-refractivity contribution in [3.63, 3.8) is 0 Å². The lowest BCUT2D eigenvalue weighted by Crippen LogP contribution is -2.34. The van der Waals surface area contributed by atoms with E-state index in [2.05, 4.69) is 12.2 Å². The number of hydrogen-bond donors (Lipinski definition) is 2. The van der Waals surface area contributed by atoms with Gasteiger partial charge in [0, 0.05) is 6.04 Å². The fraction of sp³-hybridized carbons (Fsp3) is 0.455. The second-order valence-electron chi connectivity index (χ2n) is 4.24. The third-order valence-corrected chi connectivity index (χ3v) is 2.85. The average molecular weight is 212 g/mol. The SMILES string of the molecule is CC1CC(Nc2c(N)ccc(F)c2F)C1. The van der Waals surface area contributed by atoms with Crippen molar-refractivity contribution in [1.29, 1.82) is 0 Å². The predicted molar refractivity (Wildman–Crippen MR) is 56.6 cm³/mol. The molecule has 0 atom stereocenters. The molecule has 0 radical (unpaired) electrons. The molecule has 0 spiro atoms. The van der Waals surface area contributed by atoms with Gasteiger partial charge in [0.05, 0.1) is 11.4 Å². The van der Waals surface area contributed by atoms with Gasteiger partial charge < -0.3 is 11.1 Å². The lowest BCUT2D eigenvalue weighted by atomic mass is 9.82. The molecule has 4 heteroatoms. The number of nitrogen functional groups attached to an aromatic ring is 1. The highest BCUT2D eigenvalue weighted by Gasteiger charge is 2.26. The van der Waals surface area contributed by atoms with Crippen molar-refractivity contribution in [3.8, 4) is 0 Å². The van der Waals surface area contributed by atoms with Gasteiger partial charge in [0.2, 0.25) is 0 Å². The number of anilines is 2. The van der Waals surface area contributed by atoms with E-state index in [0.717, 1.165) is 18.9 Å². The predicted octanol–water partition coefficient (Wildman–Crippen LogP) is 2.76. The maximum absolute atomic E-state index is 13.4. The van der Waals surface area contributed by atoms with Crippen LogP contribution in [0.15, 0.2) is 12.1 Å². The van der Waals surface area contributed by atoms with Gasteiger partial charge in [-0.2, -0.15) is 0 Å². The summed E-state index contributed by atoms with van der Waals surface area (Å²) in [5, 5.41) is 2.95. The van der Waals surface area contributed by atoms with Gasteiger partial charge in [-0.15, -0.1) is 0 Å². The Hall–Kier alpha value is -1.32. The van der Waals surface area contributed by atoms with Crippen molar-refractivity contribution in [1.82, 2.24) is 0 Å². The van der Waals surface area contributed by atoms with E-state index in [4.69, 9.17) is 5.73 Å². The summed E-state index contributed by atoms with van der Waals surface area (Å²) < 4.78 is 26.3. The normalized spacial score (nSPS) is 24.7. The van der Waals surface area contributed by atoms with Gasteiger partial charge in [0.15, 0.2) is 11.6 Å². The number of benzene rings is 1. The molecule has 1 aromatic carbocycles. The van der Waals surface area contributed by atoms with E-state index in [0.29, 0.717) is 5.92 Å². The maximum Gasteiger partial charge on any atom is 0.183 e. The van der Waals surface area contributed by atoms with Crippen LogP contribution in [0.3, 0.4) is 0 Å². The molecule has 1 aromatic rings. The summed E-state index contributed by atoms with van der Waals surface area (Å²) in [6.07, 6.45) is 1.96. The van der Waals surface area contributed by atoms with E-state index >= 15 is 0 Å². The monoisotopic (exact) mass is 212 g/mol. The van der Waals surface area contributed by atoms with Crippen molar-refractivity contribution in [2.45, 2.75) is 25.8 Å². The van der Waals surface area contributed by atoms with Crippen molar-refractivity contribution in [3.05, 3.63) is 23.8 Å². The molecular formula is C11H14F2N2. The first-order chi connectivity index (χ1) is 7.08. The largest absolute Gasteiger partial charge is 0.397 e. The molecule has 1 fully saturated rings. The molecule has 82 valence electrons. The Bertz CT molecular complexity index is 373. The molecule has 0 bridgehead atoms. The Labute approximate surface area is 87.5 Å². The Morgan fingerprint density at radius 2 is 2.00 bits per heavy atom. The van der Waals surface area contributed by atoms with Crippen LogP contribution in [0.4, 0.5) is 20.2 Å². The number of nitrogens with one attached hydrogen (secondary N) is 1. The number of nitrogens with two attached hydrogens (primary N) is 1. The minimum atomic E-state index is -0.880. The standard InChI is InChI=1S/C11H14F2N2/c1-6-4-7(5-6)15-11-9(14)3-2-8(12)10(11)13/h2-3,6-7,15H,4-5,14H2,1H3. The molecule has 1 aliphatic rings.